The molecule has 17 heavy (non-hydrogen) atoms. The van der Waals surface area contributed by atoms with Crippen molar-refractivity contribution < 1.29 is 5.11 Å². The summed E-state index contributed by atoms with van der Waals surface area (Å²) in [4.78, 5) is 0. The SMILES string of the molecule is OC(CNCCC1=CCCC1)Cn1cccn1. The highest BCUT2D eigenvalue weighted by molar-refractivity contribution is 5.07. The van der Waals surface area contributed by atoms with E-state index in [2.05, 4.69) is 16.5 Å². The number of aliphatic hydroxyl groups is 1. The van der Waals surface area contributed by atoms with Gasteiger partial charge in [-0.05, 0) is 38.3 Å². The summed E-state index contributed by atoms with van der Waals surface area (Å²) in [7, 11) is 0. The predicted molar refractivity (Wildman–Crippen MR) is 67.7 cm³/mol. The molecule has 1 aromatic heterocycles. The Balaban J connectivity index is 1.55. The average Bonchev–Trinajstić information content (AvgIpc) is 2.96. The molecule has 0 saturated heterocycles. The molecule has 1 unspecified atom stereocenters. The van der Waals surface area contributed by atoms with E-state index in [9.17, 15) is 5.11 Å². The topological polar surface area (TPSA) is 50.1 Å². The zero-order valence-corrected chi connectivity index (χ0v) is 10.2. The summed E-state index contributed by atoms with van der Waals surface area (Å²) in [6.07, 6.45) is 10.5. The van der Waals surface area contributed by atoms with Crippen molar-refractivity contribution in [2.24, 2.45) is 0 Å². The fourth-order valence-corrected chi connectivity index (χ4v) is 2.17. The first kappa shape index (κ1) is 12.3. The Hall–Kier alpha value is -1.13. The molecule has 1 aliphatic rings. The van der Waals surface area contributed by atoms with Crippen molar-refractivity contribution in [2.45, 2.75) is 38.3 Å². The van der Waals surface area contributed by atoms with E-state index in [0.29, 0.717) is 13.1 Å². The Kier molecular flexibility index (Phi) is 4.76. The van der Waals surface area contributed by atoms with E-state index in [1.807, 2.05) is 12.3 Å². The summed E-state index contributed by atoms with van der Waals surface area (Å²) in [5.74, 6) is 0. The van der Waals surface area contributed by atoms with Gasteiger partial charge in [-0.3, -0.25) is 4.68 Å². The van der Waals surface area contributed by atoms with Crippen LogP contribution in [0.2, 0.25) is 0 Å². The van der Waals surface area contributed by atoms with Crippen LogP contribution in [0.25, 0.3) is 0 Å². The van der Waals surface area contributed by atoms with E-state index >= 15 is 0 Å². The summed E-state index contributed by atoms with van der Waals surface area (Å²) >= 11 is 0. The molecule has 4 heteroatoms. The highest BCUT2D eigenvalue weighted by atomic mass is 16.3. The van der Waals surface area contributed by atoms with Crippen LogP contribution in [0.5, 0.6) is 0 Å². The molecule has 0 saturated carbocycles. The minimum atomic E-state index is -0.368. The summed E-state index contributed by atoms with van der Waals surface area (Å²) in [6, 6.07) is 1.87. The third-order valence-corrected chi connectivity index (χ3v) is 3.09. The van der Waals surface area contributed by atoms with Crippen LogP contribution >= 0.6 is 0 Å². The number of aromatic nitrogens is 2. The largest absolute Gasteiger partial charge is 0.390 e. The first-order valence-corrected chi connectivity index (χ1v) is 6.39. The lowest BCUT2D eigenvalue weighted by molar-refractivity contribution is 0.147. The standard InChI is InChI=1S/C13H21N3O/c17-13(11-16-9-3-7-15-16)10-14-8-6-12-4-1-2-5-12/h3-4,7,9,13-14,17H,1-2,5-6,8,10-11H2. The van der Waals surface area contributed by atoms with Gasteiger partial charge >= 0.3 is 0 Å². The van der Waals surface area contributed by atoms with Crippen LogP contribution in [0.1, 0.15) is 25.7 Å². The van der Waals surface area contributed by atoms with Gasteiger partial charge in [-0.1, -0.05) is 11.6 Å². The van der Waals surface area contributed by atoms with E-state index in [1.165, 1.54) is 19.3 Å². The Morgan fingerprint density at radius 3 is 3.18 bits per heavy atom. The molecule has 1 atom stereocenters. The van der Waals surface area contributed by atoms with Gasteiger partial charge in [0.2, 0.25) is 0 Å². The van der Waals surface area contributed by atoms with E-state index in [0.717, 1.165) is 13.0 Å². The number of nitrogens with zero attached hydrogens (tertiary/aromatic N) is 2. The first-order chi connectivity index (χ1) is 8.34. The van der Waals surface area contributed by atoms with Crippen molar-refractivity contribution in [3.8, 4) is 0 Å². The van der Waals surface area contributed by atoms with Gasteiger partial charge < -0.3 is 10.4 Å². The molecule has 2 rings (SSSR count). The van der Waals surface area contributed by atoms with Gasteiger partial charge in [-0.15, -0.1) is 0 Å². The molecular formula is C13H21N3O. The Morgan fingerprint density at radius 1 is 1.53 bits per heavy atom. The van der Waals surface area contributed by atoms with Crippen molar-refractivity contribution in [1.82, 2.24) is 15.1 Å². The molecule has 0 fully saturated rings. The van der Waals surface area contributed by atoms with Gasteiger partial charge in [0.25, 0.3) is 0 Å². The van der Waals surface area contributed by atoms with Crippen LogP contribution in [-0.2, 0) is 6.54 Å². The van der Waals surface area contributed by atoms with Gasteiger partial charge in [0, 0.05) is 18.9 Å². The van der Waals surface area contributed by atoms with Crippen LogP contribution in [-0.4, -0.2) is 34.1 Å². The van der Waals surface area contributed by atoms with Gasteiger partial charge in [0.1, 0.15) is 0 Å². The van der Waals surface area contributed by atoms with E-state index < -0.39 is 0 Å². The van der Waals surface area contributed by atoms with Crippen LogP contribution in [0.4, 0.5) is 0 Å². The molecule has 0 spiro atoms. The lowest BCUT2D eigenvalue weighted by Gasteiger charge is -2.12. The number of aliphatic hydroxyl groups excluding tert-OH is 1. The minimum absolute atomic E-state index is 0.368. The average molecular weight is 235 g/mol. The minimum Gasteiger partial charge on any atom is -0.390 e. The second-order valence-corrected chi connectivity index (χ2v) is 4.59. The fourth-order valence-electron chi connectivity index (χ4n) is 2.17. The third kappa shape index (κ3) is 4.32. The van der Waals surface area contributed by atoms with Gasteiger partial charge in [0.05, 0.1) is 12.6 Å². The van der Waals surface area contributed by atoms with E-state index in [1.54, 1.807) is 16.5 Å². The molecule has 94 valence electrons. The predicted octanol–water partition coefficient (Wildman–Crippen LogP) is 1.33. The molecule has 0 aliphatic heterocycles. The maximum absolute atomic E-state index is 9.77. The Bertz CT molecular complexity index is 346. The van der Waals surface area contributed by atoms with Crippen molar-refractivity contribution in [1.29, 1.82) is 0 Å². The van der Waals surface area contributed by atoms with Gasteiger partial charge in [-0.25, -0.2) is 0 Å². The monoisotopic (exact) mass is 235 g/mol. The van der Waals surface area contributed by atoms with E-state index in [4.69, 9.17) is 0 Å². The van der Waals surface area contributed by atoms with Crippen molar-refractivity contribution in [3.63, 3.8) is 0 Å². The number of nitrogens with one attached hydrogen (secondary N) is 1. The Labute approximate surface area is 102 Å². The molecular weight excluding hydrogens is 214 g/mol. The molecule has 0 amide bonds. The number of hydrogen-bond donors (Lipinski definition) is 2. The zero-order chi connectivity index (χ0) is 11.9. The molecule has 1 heterocycles. The lowest BCUT2D eigenvalue weighted by Crippen LogP contribution is -2.31. The molecule has 0 bridgehead atoms. The van der Waals surface area contributed by atoms with Crippen molar-refractivity contribution in [2.75, 3.05) is 13.1 Å². The second-order valence-electron chi connectivity index (χ2n) is 4.59. The van der Waals surface area contributed by atoms with Crippen LogP contribution in [0, 0.1) is 0 Å². The van der Waals surface area contributed by atoms with Crippen molar-refractivity contribution in [3.05, 3.63) is 30.1 Å². The number of hydrogen-bond acceptors (Lipinski definition) is 3. The highest BCUT2D eigenvalue weighted by Crippen LogP contribution is 2.19. The number of rotatable bonds is 7. The molecule has 0 aromatic carbocycles. The first-order valence-electron chi connectivity index (χ1n) is 6.39. The van der Waals surface area contributed by atoms with Crippen LogP contribution in [0.3, 0.4) is 0 Å². The summed E-state index contributed by atoms with van der Waals surface area (Å²) in [5, 5.41) is 17.1. The lowest BCUT2D eigenvalue weighted by atomic mass is 10.2. The molecule has 1 aromatic rings. The number of allylic oxidation sites excluding steroid dienone is 1. The maximum Gasteiger partial charge on any atom is 0.0860 e. The normalized spacial score (nSPS) is 17.1. The van der Waals surface area contributed by atoms with Crippen LogP contribution < -0.4 is 5.32 Å². The quantitative estimate of drug-likeness (QED) is 0.554. The summed E-state index contributed by atoms with van der Waals surface area (Å²) in [6.45, 7) is 2.15. The zero-order valence-electron chi connectivity index (χ0n) is 10.2. The summed E-state index contributed by atoms with van der Waals surface area (Å²) in [5.41, 5.74) is 1.57. The van der Waals surface area contributed by atoms with Gasteiger partial charge in [0.15, 0.2) is 0 Å². The third-order valence-electron chi connectivity index (χ3n) is 3.09. The highest BCUT2D eigenvalue weighted by Gasteiger charge is 2.06. The summed E-state index contributed by atoms with van der Waals surface area (Å²) < 4.78 is 1.76. The smallest absolute Gasteiger partial charge is 0.0860 e. The second kappa shape index (κ2) is 6.57. The molecule has 2 N–H and O–H groups in total. The van der Waals surface area contributed by atoms with Crippen molar-refractivity contribution >= 4 is 0 Å². The molecule has 4 nitrogen and oxygen atoms in total. The Morgan fingerprint density at radius 2 is 2.47 bits per heavy atom. The van der Waals surface area contributed by atoms with Gasteiger partial charge in [-0.2, -0.15) is 5.10 Å². The maximum atomic E-state index is 9.77. The molecule has 1 aliphatic carbocycles. The van der Waals surface area contributed by atoms with E-state index in [-0.39, 0.29) is 6.10 Å². The fraction of sp³-hybridized carbons (Fsp3) is 0.615. The molecule has 0 radical (unpaired) electrons. The van der Waals surface area contributed by atoms with Crippen LogP contribution in [0.15, 0.2) is 30.1 Å².